The molecule has 7 nitrogen and oxygen atoms in total. The molecule has 0 atom stereocenters. The summed E-state index contributed by atoms with van der Waals surface area (Å²) >= 11 is 3.38. The smallest absolute Gasteiger partial charge is 0.399 e. The summed E-state index contributed by atoms with van der Waals surface area (Å²) in [4.78, 5) is 11.6. The van der Waals surface area contributed by atoms with Gasteiger partial charge in [-0.2, -0.15) is 5.10 Å². The van der Waals surface area contributed by atoms with Gasteiger partial charge in [0.05, 0.1) is 22.9 Å². The van der Waals surface area contributed by atoms with Crippen molar-refractivity contribution in [3.8, 4) is 0 Å². The van der Waals surface area contributed by atoms with E-state index in [0.29, 0.717) is 5.92 Å². The maximum atomic E-state index is 11.6. The van der Waals surface area contributed by atoms with E-state index in [1.165, 1.54) is 0 Å². The molecule has 9 heteroatoms. The van der Waals surface area contributed by atoms with E-state index in [1.54, 1.807) is 16.7 Å². The number of hydrogen-bond acceptors (Lipinski definition) is 5. The lowest BCUT2D eigenvalue weighted by Gasteiger charge is -2.32. The molecule has 2 fully saturated rings. The monoisotopic (exact) mass is 515 g/mol. The van der Waals surface area contributed by atoms with Crippen molar-refractivity contribution in [3.63, 3.8) is 0 Å². The van der Waals surface area contributed by atoms with Crippen LogP contribution in [-0.4, -0.2) is 46.3 Å². The van der Waals surface area contributed by atoms with Crippen molar-refractivity contribution in [2.45, 2.75) is 58.3 Å². The summed E-state index contributed by atoms with van der Waals surface area (Å²) in [5.74, 6) is 0.575. The SMILES string of the molecule is CC1(C)OB(c2ccc3cn[nH]c3c2)OC1(C)C.O=c1ccc(Br)cn1CC1CCOCC1. The fourth-order valence-electron chi connectivity index (χ4n) is 3.93. The van der Waals surface area contributed by atoms with Crippen molar-refractivity contribution >= 4 is 39.4 Å². The summed E-state index contributed by atoms with van der Waals surface area (Å²) in [7, 11) is -0.317. The fourth-order valence-corrected chi connectivity index (χ4v) is 4.31. The van der Waals surface area contributed by atoms with Crippen LogP contribution in [0.3, 0.4) is 0 Å². The fraction of sp³-hybridized carbons (Fsp3) is 0.500. The molecule has 0 aliphatic carbocycles. The van der Waals surface area contributed by atoms with Crippen LogP contribution < -0.4 is 11.0 Å². The molecule has 0 saturated carbocycles. The molecular formula is C24H31BBrN3O4. The maximum absolute atomic E-state index is 11.6. The molecule has 4 heterocycles. The van der Waals surface area contributed by atoms with Crippen LogP contribution in [0.2, 0.25) is 0 Å². The Morgan fingerprint density at radius 2 is 1.82 bits per heavy atom. The lowest BCUT2D eigenvalue weighted by Crippen LogP contribution is -2.41. The number of H-pyrrole nitrogens is 1. The van der Waals surface area contributed by atoms with Gasteiger partial charge in [0, 0.05) is 41.9 Å². The zero-order chi connectivity index (χ0) is 23.6. The third kappa shape index (κ3) is 5.59. The van der Waals surface area contributed by atoms with Gasteiger partial charge >= 0.3 is 7.12 Å². The molecule has 0 bridgehead atoms. The van der Waals surface area contributed by atoms with E-state index in [2.05, 4.69) is 53.8 Å². The molecule has 2 aromatic heterocycles. The molecular weight excluding hydrogens is 485 g/mol. The van der Waals surface area contributed by atoms with Crippen molar-refractivity contribution in [3.05, 3.63) is 57.6 Å². The summed E-state index contributed by atoms with van der Waals surface area (Å²) in [5.41, 5.74) is 1.48. The number of pyridine rings is 1. The molecule has 1 aromatic carbocycles. The lowest BCUT2D eigenvalue weighted by molar-refractivity contribution is 0.00578. The van der Waals surface area contributed by atoms with Crippen molar-refractivity contribution < 1.29 is 14.0 Å². The summed E-state index contributed by atoms with van der Waals surface area (Å²) in [6.45, 7) is 10.7. The number of nitrogens with one attached hydrogen (secondary N) is 1. The van der Waals surface area contributed by atoms with E-state index in [0.717, 1.165) is 53.4 Å². The molecule has 2 saturated heterocycles. The Balaban J connectivity index is 0.000000160. The van der Waals surface area contributed by atoms with E-state index in [9.17, 15) is 4.79 Å². The molecule has 1 N–H and O–H groups in total. The second kappa shape index (κ2) is 9.74. The lowest BCUT2D eigenvalue weighted by atomic mass is 9.79. The van der Waals surface area contributed by atoms with E-state index >= 15 is 0 Å². The van der Waals surface area contributed by atoms with Crippen molar-refractivity contribution in [2.24, 2.45) is 5.92 Å². The molecule has 176 valence electrons. The average Bonchev–Trinajstić information content (AvgIpc) is 3.32. The highest BCUT2D eigenvalue weighted by Crippen LogP contribution is 2.36. The van der Waals surface area contributed by atoms with Gasteiger partial charge in [-0.15, -0.1) is 0 Å². The third-order valence-electron chi connectivity index (χ3n) is 6.73. The zero-order valence-corrected chi connectivity index (χ0v) is 21.2. The Morgan fingerprint density at radius 3 is 2.52 bits per heavy atom. The van der Waals surface area contributed by atoms with Gasteiger partial charge in [0.2, 0.25) is 0 Å². The van der Waals surface area contributed by atoms with Crippen LogP contribution in [-0.2, 0) is 20.6 Å². The van der Waals surface area contributed by atoms with Crippen LogP contribution in [0, 0.1) is 5.92 Å². The van der Waals surface area contributed by atoms with Gasteiger partial charge in [-0.1, -0.05) is 12.1 Å². The van der Waals surface area contributed by atoms with Crippen LogP contribution in [0.25, 0.3) is 10.9 Å². The number of rotatable bonds is 3. The van der Waals surface area contributed by atoms with E-state index in [1.807, 2.05) is 30.6 Å². The van der Waals surface area contributed by atoms with Crippen molar-refractivity contribution in [1.82, 2.24) is 14.8 Å². The summed E-state index contributed by atoms with van der Waals surface area (Å²) < 4.78 is 20.1. The first-order valence-corrected chi connectivity index (χ1v) is 12.2. The van der Waals surface area contributed by atoms with Crippen molar-refractivity contribution in [2.75, 3.05) is 13.2 Å². The number of ether oxygens (including phenoxy) is 1. The van der Waals surface area contributed by atoms with Crippen LogP contribution in [0.4, 0.5) is 0 Å². The van der Waals surface area contributed by atoms with E-state index in [-0.39, 0.29) is 23.9 Å². The van der Waals surface area contributed by atoms with Gasteiger partial charge in [-0.25, -0.2) is 0 Å². The molecule has 0 radical (unpaired) electrons. The maximum Gasteiger partial charge on any atom is 0.494 e. The van der Waals surface area contributed by atoms with Crippen LogP contribution >= 0.6 is 15.9 Å². The zero-order valence-electron chi connectivity index (χ0n) is 19.6. The van der Waals surface area contributed by atoms with Gasteiger partial charge < -0.3 is 18.6 Å². The Hall–Kier alpha value is -1.94. The minimum absolute atomic E-state index is 0.0738. The molecule has 0 spiro atoms. The number of halogens is 1. The van der Waals surface area contributed by atoms with E-state index in [4.69, 9.17) is 14.0 Å². The van der Waals surface area contributed by atoms with Crippen molar-refractivity contribution in [1.29, 1.82) is 0 Å². The molecule has 5 rings (SSSR count). The number of nitrogens with zero attached hydrogens (tertiary/aromatic N) is 2. The number of benzene rings is 1. The highest BCUT2D eigenvalue weighted by molar-refractivity contribution is 9.10. The topological polar surface area (TPSA) is 78.4 Å². The number of aromatic nitrogens is 3. The predicted molar refractivity (Wildman–Crippen MR) is 134 cm³/mol. The summed E-state index contributed by atoms with van der Waals surface area (Å²) in [6, 6.07) is 9.47. The third-order valence-corrected chi connectivity index (χ3v) is 7.20. The molecule has 0 unspecified atom stereocenters. The molecule has 2 aliphatic heterocycles. The number of hydrogen-bond donors (Lipinski definition) is 1. The molecule has 0 amide bonds. The molecule has 33 heavy (non-hydrogen) atoms. The first kappa shape index (κ1) is 24.2. The highest BCUT2D eigenvalue weighted by Gasteiger charge is 2.51. The Labute approximate surface area is 203 Å². The first-order chi connectivity index (χ1) is 15.6. The average molecular weight is 516 g/mol. The minimum atomic E-state index is -0.317. The van der Waals surface area contributed by atoms with Crippen LogP contribution in [0.5, 0.6) is 0 Å². The second-order valence-corrected chi connectivity index (χ2v) is 10.6. The van der Waals surface area contributed by atoms with Crippen LogP contribution in [0.1, 0.15) is 40.5 Å². The van der Waals surface area contributed by atoms with Gasteiger partial charge in [0.15, 0.2) is 0 Å². The second-order valence-electron chi connectivity index (χ2n) is 9.70. The molecule has 3 aromatic rings. The predicted octanol–water partition coefficient (Wildman–Crippen LogP) is 3.90. The normalized spacial score (nSPS) is 20.0. The van der Waals surface area contributed by atoms with E-state index < -0.39 is 0 Å². The number of fused-ring (bicyclic) bond motifs is 1. The summed E-state index contributed by atoms with van der Waals surface area (Å²) in [5, 5.41) is 8.08. The summed E-state index contributed by atoms with van der Waals surface area (Å²) in [6.07, 6.45) is 5.78. The Kier molecular flexibility index (Phi) is 7.14. The Bertz CT molecular complexity index is 1140. The highest BCUT2D eigenvalue weighted by atomic mass is 79.9. The number of aromatic amines is 1. The Morgan fingerprint density at radius 1 is 1.12 bits per heavy atom. The molecule has 2 aliphatic rings. The quantitative estimate of drug-likeness (QED) is 0.535. The van der Waals surface area contributed by atoms with Gasteiger partial charge in [0.25, 0.3) is 5.56 Å². The van der Waals surface area contributed by atoms with Gasteiger partial charge in [-0.05, 0) is 80.0 Å². The standard InChI is InChI=1S/C13H17BN2O2.C11H14BrNO2/c1-12(2)13(3,4)18-14(17-12)10-6-5-9-8-15-16-11(9)7-10;12-10-1-2-11(14)13(8-10)7-9-3-5-15-6-4-9/h5-8H,1-4H3,(H,15,16);1-2,8-9H,3-7H2. The first-order valence-electron chi connectivity index (χ1n) is 11.4. The van der Waals surface area contributed by atoms with Gasteiger partial charge in [0.1, 0.15) is 0 Å². The largest absolute Gasteiger partial charge is 0.494 e. The van der Waals surface area contributed by atoms with Crippen LogP contribution in [0.15, 0.2) is 52.0 Å². The van der Waals surface area contributed by atoms with Gasteiger partial charge in [-0.3, -0.25) is 9.89 Å². The minimum Gasteiger partial charge on any atom is -0.399 e.